The molecule has 1 saturated heterocycles. The van der Waals surface area contributed by atoms with Gasteiger partial charge in [0.25, 0.3) is 5.91 Å². The Morgan fingerprint density at radius 1 is 1.00 bits per heavy atom. The Morgan fingerprint density at radius 2 is 1.79 bits per heavy atom. The average Bonchev–Trinajstić information content (AvgIpc) is 3.16. The van der Waals surface area contributed by atoms with Crippen molar-refractivity contribution in [2.24, 2.45) is 0 Å². The molecule has 0 saturated carbocycles. The van der Waals surface area contributed by atoms with Crippen LogP contribution in [0.5, 0.6) is 5.75 Å². The first-order chi connectivity index (χ1) is 18.4. The molecule has 0 atom stereocenters. The molecule has 1 fully saturated rings. The zero-order valence-corrected chi connectivity index (χ0v) is 22.1. The van der Waals surface area contributed by atoms with Crippen LogP contribution < -0.4 is 15.4 Å². The van der Waals surface area contributed by atoms with Gasteiger partial charge in [-0.05, 0) is 65.2 Å². The van der Waals surface area contributed by atoms with Crippen LogP contribution in [0.15, 0.2) is 95.1 Å². The van der Waals surface area contributed by atoms with Crippen LogP contribution in [0.25, 0.3) is 16.8 Å². The van der Waals surface area contributed by atoms with Gasteiger partial charge < -0.3 is 15.4 Å². The number of benzene rings is 4. The van der Waals surface area contributed by atoms with Gasteiger partial charge in [0.2, 0.25) is 5.91 Å². The summed E-state index contributed by atoms with van der Waals surface area (Å²) < 4.78 is 7.13. The number of ether oxygens (including phenoxy) is 1. The number of nitrogens with one attached hydrogen (secondary N) is 2. The van der Waals surface area contributed by atoms with Crippen molar-refractivity contribution in [3.05, 3.63) is 112 Å². The molecule has 1 heterocycles. The van der Waals surface area contributed by atoms with Crippen LogP contribution >= 0.6 is 15.9 Å². The molecule has 2 N–H and O–H groups in total. The number of rotatable bonds is 7. The third-order valence-corrected chi connectivity index (χ3v) is 6.62. The summed E-state index contributed by atoms with van der Waals surface area (Å²) in [4.78, 5) is 39.3. The Hall–Kier alpha value is -4.43. The van der Waals surface area contributed by atoms with Gasteiger partial charge in [-0.25, -0.2) is 9.69 Å². The van der Waals surface area contributed by atoms with E-state index in [1.165, 1.54) is 0 Å². The topological polar surface area (TPSA) is 87.7 Å². The molecule has 4 aromatic rings. The second-order valence-electron chi connectivity index (χ2n) is 8.91. The Labute approximate surface area is 228 Å². The standard InChI is InChI=1S/C30H24BrN3O4/c1-19-5-4-7-23(15-19)32-28(35)17-34-29(36)26(33-30(34)37)16-25-24-8-3-2-6-21(24)11-14-27(25)38-18-20-9-12-22(31)13-10-20/h2-16H,17-18H2,1H3,(H,32,35)(H,33,37)/b26-16+. The summed E-state index contributed by atoms with van der Waals surface area (Å²) in [7, 11) is 0. The lowest BCUT2D eigenvalue weighted by molar-refractivity contribution is -0.127. The molecule has 0 unspecified atom stereocenters. The Bertz CT molecular complexity index is 1580. The monoisotopic (exact) mass is 569 g/mol. The number of aryl methyl sites for hydroxylation is 1. The minimum atomic E-state index is -0.654. The van der Waals surface area contributed by atoms with E-state index in [0.29, 0.717) is 23.6 Å². The van der Waals surface area contributed by atoms with Crippen molar-refractivity contribution in [2.75, 3.05) is 11.9 Å². The largest absolute Gasteiger partial charge is 0.488 e. The molecule has 7 nitrogen and oxygen atoms in total. The van der Waals surface area contributed by atoms with Crippen LogP contribution in [0.3, 0.4) is 0 Å². The molecule has 1 aliphatic heterocycles. The van der Waals surface area contributed by atoms with E-state index in [1.807, 2.05) is 85.8 Å². The molecule has 0 radical (unpaired) electrons. The highest BCUT2D eigenvalue weighted by Gasteiger charge is 2.35. The van der Waals surface area contributed by atoms with Crippen LogP contribution in [0.2, 0.25) is 0 Å². The molecule has 0 aliphatic carbocycles. The summed E-state index contributed by atoms with van der Waals surface area (Å²) in [5, 5.41) is 7.17. The molecule has 1 aliphatic rings. The second-order valence-corrected chi connectivity index (χ2v) is 9.83. The molecule has 4 aromatic carbocycles. The van der Waals surface area contributed by atoms with Crippen LogP contribution in [-0.2, 0) is 16.2 Å². The number of nitrogens with zero attached hydrogens (tertiary/aromatic N) is 1. The highest BCUT2D eigenvalue weighted by molar-refractivity contribution is 9.10. The van der Waals surface area contributed by atoms with E-state index in [0.717, 1.165) is 31.3 Å². The predicted molar refractivity (Wildman–Crippen MR) is 150 cm³/mol. The van der Waals surface area contributed by atoms with Gasteiger partial charge in [-0.3, -0.25) is 9.59 Å². The fourth-order valence-corrected chi connectivity index (χ4v) is 4.48. The molecule has 38 heavy (non-hydrogen) atoms. The maximum absolute atomic E-state index is 13.2. The van der Waals surface area contributed by atoms with Crippen LogP contribution in [0, 0.1) is 6.92 Å². The van der Waals surface area contributed by atoms with E-state index in [9.17, 15) is 14.4 Å². The molecule has 0 spiro atoms. The number of fused-ring (bicyclic) bond motifs is 1. The molecule has 0 aromatic heterocycles. The number of hydrogen-bond donors (Lipinski definition) is 2. The lowest BCUT2D eigenvalue weighted by atomic mass is 10.0. The number of imide groups is 1. The van der Waals surface area contributed by atoms with Crippen molar-refractivity contribution >= 4 is 56.3 Å². The summed E-state index contributed by atoms with van der Waals surface area (Å²) in [6, 6.07) is 26.0. The number of anilines is 1. The number of urea groups is 1. The van der Waals surface area contributed by atoms with Gasteiger partial charge in [0.15, 0.2) is 0 Å². The molecule has 0 bridgehead atoms. The van der Waals surface area contributed by atoms with Crippen molar-refractivity contribution in [1.82, 2.24) is 10.2 Å². The maximum atomic E-state index is 13.2. The third-order valence-electron chi connectivity index (χ3n) is 6.09. The molecule has 190 valence electrons. The minimum Gasteiger partial charge on any atom is -0.488 e. The summed E-state index contributed by atoms with van der Waals surface area (Å²) in [5.74, 6) is -0.484. The van der Waals surface area contributed by atoms with Gasteiger partial charge in [-0.1, -0.05) is 70.5 Å². The Balaban J connectivity index is 1.39. The number of amides is 4. The highest BCUT2D eigenvalue weighted by Crippen LogP contribution is 2.31. The predicted octanol–water partition coefficient (Wildman–Crippen LogP) is 6.02. The Morgan fingerprint density at radius 3 is 2.58 bits per heavy atom. The third kappa shape index (κ3) is 5.60. The van der Waals surface area contributed by atoms with Gasteiger partial charge in [0.05, 0.1) is 0 Å². The zero-order chi connectivity index (χ0) is 26.6. The Kier molecular flexibility index (Phi) is 7.24. The smallest absolute Gasteiger partial charge is 0.329 e. The van der Waals surface area contributed by atoms with Gasteiger partial charge in [0.1, 0.15) is 24.6 Å². The average molecular weight is 570 g/mol. The summed E-state index contributed by atoms with van der Waals surface area (Å²) in [5.41, 5.74) is 3.30. The van der Waals surface area contributed by atoms with E-state index in [-0.39, 0.29) is 5.70 Å². The lowest BCUT2D eigenvalue weighted by Gasteiger charge is -2.13. The fourth-order valence-electron chi connectivity index (χ4n) is 4.22. The van der Waals surface area contributed by atoms with Crippen LogP contribution in [0.4, 0.5) is 10.5 Å². The first-order valence-electron chi connectivity index (χ1n) is 12.0. The first-order valence-corrected chi connectivity index (χ1v) is 12.8. The molecular formula is C30H24BrN3O4. The summed E-state index contributed by atoms with van der Waals surface area (Å²) in [6.07, 6.45) is 1.61. The number of carbonyl (C=O) groups is 3. The SMILES string of the molecule is Cc1cccc(NC(=O)CN2C(=O)N/C(=C/c3c(OCc4ccc(Br)cc4)ccc4ccccc34)C2=O)c1. The van der Waals surface area contributed by atoms with Crippen molar-refractivity contribution in [1.29, 1.82) is 0 Å². The number of halogens is 1. The molecule has 5 rings (SSSR count). The minimum absolute atomic E-state index is 0.0724. The van der Waals surface area contributed by atoms with E-state index in [1.54, 1.807) is 12.1 Å². The van der Waals surface area contributed by atoms with Gasteiger partial charge >= 0.3 is 6.03 Å². The highest BCUT2D eigenvalue weighted by atomic mass is 79.9. The van der Waals surface area contributed by atoms with Crippen molar-refractivity contribution in [3.8, 4) is 5.75 Å². The van der Waals surface area contributed by atoms with Crippen LogP contribution in [0.1, 0.15) is 16.7 Å². The number of carbonyl (C=O) groups excluding carboxylic acids is 3. The van der Waals surface area contributed by atoms with Crippen LogP contribution in [-0.4, -0.2) is 29.3 Å². The number of hydrogen-bond acceptors (Lipinski definition) is 4. The van der Waals surface area contributed by atoms with E-state index in [4.69, 9.17) is 4.74 Å². The first kappa shape index (κ1) is 25.2. The normalized spacial score (nSPS) is 14.2. The van der Waals surface area contributed by atoms with Gasteiger partial charge in [0, 0.05) is 15.7 Å². The summed E-state index contributed by atoms with van der Waals surface area (Å²) in [6.45, 7) is 1.83. The quantitative estimate of drug-likeness (QED) is 0.210. The molecule has 4 amide bonds. The lowest BCUT2D eigenvalue weighted by Crippen LogP contribution is -2.38. The van der Waals surface area contributed by atoms with Gasteiger partial charge in [-0.2, -0.15) is 0 Å². The maximum Gasteiger partial charge on any atom is 0.329 e. The van der Waals surface area contributed by atoms with E-state index in [2.05, 4.69) is 26.6 Å². The molecule has 8 heteroatoms. The van der Waals surface area contributed by atoms with Crippen molar-refractivity contribution in [2.45, 2.75) is 13.5 Å². The molecular weight excluding hydrogens is 546 g/mol. The van der Waals surface area contributed by atoms with E-state index >= 15 is 0 Å². The van der Waals surface area contributed by atoms with Gasteiger partial charge in [-0.15, -0.1) is 0 Å². The van der Waals surface area contributed by atoms with E-state index < -0.39 is 24.4 Å². The van der Waals surface area contributed by atoms with Crippen molar-refractivity contribution in [3.63, 3.8) is 0 Å². The summed E-state index contributed by atoms with van der Waals surface area (Å²) >= 11 is 3.43. The van der Waals surface area contributed by atoms with Crippen molar-refractivity contribution < 1.29 is 19.1 Å². The second kappa shape index (κ2) is 10.9. The fraction of sp³-hybridized carbons (Fsp3) is 0.100. The zero-order valence-electron chi connectivity index (χ0n) is 20.5.